The molecule has 1 saturated heterocycles. The fourth-order valence-corrected chi connectivity index (χ4v) is 6.18. The van der Waals surface area contributed by atoms with Crippen LogP contribution in [0.1, 0.15) is 82.2 Å². The van der Waals surface area contributed by atoms with Gasteiger partial charge in [0.1, 0.15) is 23.9 Å². The predicted molar refractivity (Wildman–Crippen MR) is 138 cm³/mol. The third-order valence-corrected chi connectivity index (χ3v) is 8.25. The molecule has 3 amide bonds. The van der Waals surface area contributed by atoms with Crippen LogP contribution in [0.4, 0.5) is 0 Å². The highest BCUT2D eigenvalue weighted by Gasteiger charge is 2.47. The molecule has 1 aromatic rings. The Morgan fingerprint density at radius 2 is 1.69 bits per heavy atom. The number of carbonyl (C=O) groups excluding carboxylic acids is 3. The highest BCUT2D eigenvalue weighted by atomic mass is 32.1. The molecule has 1 aromatic carbocycles. The number of nitrogens with zero attached hydrogens (tertiary/aromatic N) is 1. The Kier molecular flexibility index (Phi) is 8.98. The van der Waals surface area contributed by atoms with E-state index in [4.69, 9.17) is 4.74 Å². The van der Waals surface area contributed by atoms with Crippen molar-refractivity contribution >= 4 is 30.4 Å². The molecule has 3 fully saturated rings. The number of nitrogens with one attached hydrogen (secondary N) is 2. The number of amides is 3. The van der Waals surface area contributed by atoms with Crippen LogP contribution in [0.25, 0.3) is 0 Å². The number of ether oxygens (including phenoxy) is 1. The minimum atomic E-state index is -0.877. The quantitative estimate of drug-likeness (QED) is 0.473. The van der Waals surface area contributed by atoms with Crippen LogP contribution >= 0.6 is 12.6 Å². The highest BCUT2D eigenvalue weighted by Crippen LogP contribution is 2.35. The smallest absolute Gasteiger partial charge is 0.247 e. The maximum absolute atomic E-state index is 13.9. The molecule has 0 spiro atoms. The first-order chi connectivity index (χ1) is 17.0. The van der Waals surface area contributed by atoms with Crippen molar-refractivity contribution in [2.75, 3.05) is 12.9 Å². The van der Waals surface area contributed by atoms with Crippen LogP contribution < -0.4 is 15.4 Å². The fourth-order valence-electron chi connectivity index (χ4n) is 5.93. The first-order valence-electron chi connectivity index (χ1n) is 13.2. The summed E-state index contributed by atoms with van der Waals surface area (Å²) in [4.78, 5) is 42.5. The monoisotopic (exact) mass is 501 g/mol. The molecule has 4 rings (SSSR count). The highest BCUT2D eigenvalue weighted by molar-refractivity contribution is 7.80. The number of methoxy groups -OCH3 is 1. The summed E-state index contributed by atoms with van der Waals surface area (Å²) in [7, 11) is 1.60. The van der Waals surface area contributed by atoms with E-state index in [1.165, 1.54) is 12.8 Å². The van der Waals surface area contributed by atoms with Gasteiger partial charge >= 0.3 is 0 Å². The Morgan fingerprint density at radius 3 is 2.29 bits per heavy atom. The lowest BCUT2D eigenvalue weighted by Crippen LogP contribution is -2.66. The largest absolute Gasteiger partial charge is 0.497 e. The van der Waals surface area contributed by atoms with Crippen molar-refractivity contribution in [3.05, 3.63) is 29.8 Å². The van der Waals surface area contributed by atoms with Gasteiger partial charge in [-0.1, -0.05) is 63.5 Å². The van der Waals surface area contributed by atoms with Crippen LogP contribution in [0.5, 0.6) is 5.75 Å². The standard InChI is InChI=1S/C27H39N3O4S/c1-34-21-14-12-19(13-15-21)24(26(32)28-20-10-6-3-7-11-20)30-23(16-18-8-4-2-5-9-18)25(31)29-22(17-35)27(30)33/h12-15,18,20,22-24,35H,2-11,16-17H2,1H3,(H,28,32)(H,29,31). The molecule has 35 heavy (non-hydrogen) atoms. The number of hydrogen-bond donors (Lipinski definition) is 3. The summed E-state index contributed by atoms with van der Waals surface area (Å²) in [5, 5.41) is 6.09. The van der Waals surface area contributed by atoms with E-state index < -0.39 is 18.1 Å². The van der Waals surface area contributed by atoms with Crippen molar-refractivity contribution in [2.45, 2.75) is 94.8 Å². The Balaban J connectivity index is 1.69. The summed E-state index contributed by atoms with van der Waals surface area (Å²) in [6.45, 7) is 0. The normalized spacial score (nSPS) is 25.1. The van der Waals surface area contributed by atoms with Crippen molar-refractivity contribution < 1.29 is 19.1 Å². The molecule has 192 valence electrons. The molecule has 8 heteroatoms. The molecule has 0 aromatic heterocycles. The van der Waals surface area contributed by atoms with Gasteiger partial charge in [-0.05, 0) is 42.9 Å². The van der Waals surface area contributed by atoms with Gasteiger partial charge in [0.05, 0.1) is 7.11 Å². The topological polar surface area (TPSA) is 87.7 Å². The molecular formula is C27H39N3O4S. The Labute approximate surface area is 214 Å². The van der Waals surface area contributed by atoms with Crippen LogP contribution in [0.2, 0.25) is 0 Å². The second-order valence-corrected chi connectivity index (χ2v) is 10.6. The lowest BCUT2D eigenvalue weighted by atomic mass is 9.83. The van der Waals surface area contributed by atoms with Crippen molar-refractivity contribution in [3.63, 3.8) is 0 Å². The number of hydrogen-bond acceptors (Lipinski definition) is 5. The SMILES string of the molecule is COc1ccc(C(C(=O)NC2CCCCC2)N2C(=O)C(CS)NC(=O)C2CC2CCCCC2)cc1. The lowest BCUT2D eigenvalue weighted by molar-refractivity contribution is -0.156. The van der Waals surface area contributed by atoms with E-state index in [0.29, 0.717) is 23.7 Å². The molecule has 3 atom stereocenters. The van der Waals surface area contributed by atoms with Crippen molar-refractivity contribution in [1.29, 1.82) is 0 Å². The number of piperazine rings is 1. The van der Waals surface area contributed by atoms with Gasteiger partial charge in [-0.25, -0.2) is 0 Å². The molecule has 2 N–H and O–H groups in total. The van der Waals surface area contributed by atoms with Gasteiger partial charge in [-0.3, -0.25) is 14.4 Å². The number of thiol groups is 1. The van der Waals surface area contributed by atoms with Crippen LogP contribution in [-0.4, -0.2) is 53.6 Å². The van der Waals surface area contributed by atoms with Crippen molar-refractivity contribution in [2.24, 2.45) is 5.92 Å². The van der Waals surface area contributed by atoms with E-state index in [-0.39, 0.29) is 29.5 Å². The van der Waals surface area contributed by atoms with Crippen LogP contribution in [-0.2, 0) is 14.4 Å². The van der Waals surface area contributed by atoms with Gasteiger partial charge in [0, 0.05) is 11.8 Å². The van der Waals surface area contributed by atoms with Crippen LogP contribution in [0.3, 0.4) is 0 Å². The van der Waals surface area contributed by atoms with E-state index in [1.807, 2.05) is 12.1 Å². The molecule has 3 aliphatic rings. The zero-order valence-corrected chi connectivity index (χ0v) is 21.6. The van der Waals surface area contributed by atoms with Crippen LogP contribution in [0.15, 0.2) is 24.3 Å². The van der Waals surface area contributed by atoms with Gasteiger partial charge in [0.15, 0.2) is 0 Å². The fraction of sp³-hybridized carbons (Fsp3) is 0.667. The third kappa shape index (κ3) is 6.13. The number of carbonyl (C=O) groups is 3. The molecule has 3 unspecified atom stereocenters. The summed E-state index contributed by atoms with van der Waals surface area (Å²) in [5.74, 6) is 0.613. The molecular weight excluding hydrogens is 462 g/mol. The zero-order chi connectivity index (χ0) is 24.8. The van der Waals surface area contributed by atoms with E-state index in [2.05, 4.69) is 23.3 Å². The second-order valence-electron chi connectivity index (χ2n) is 10.3. The molecule has 2 aliphatic carbocycles. The predicted octanol–water partition coefficient (Wildman–Crippen LogP) is 3.78. The van der Waals surface area contributed by atoms with E-state index in [0.717, 1.165) is 51.4 Å². The van der Waals surface area contributed by atoms with Crippen molar-refractivity contribution in [3.8, 4) is 5.75 Å². The first-order valence-corrected chi connectivity index (χ1v) is 13.8. The molecule has 1 aliphatic heterocycles. The Hall–Kier alpha value is -2.22. The molecule has 0 radical (unpaired) electrons. The van der Waals surface area contributed by atoms with Gasteiger partial charge in [-0.15, -0.1) is 0 Å². The summed E-state index contributed by atoms with van der Waals surface area (Å²) >= 11 is 4.32. The number of benzene rings is 1. The van der Waals surface area contributed by atoms with Gasteiger partial charge in [0.2, 0.25) is 17.7 Å². The average molecular weight is 502 g/mol. The minimum absolute atomic E-state index is 0.100. The molecule has 2 saturated carbocycles. The summed E-state index contributed by atoms with van der Waals surface area (Å²) in [6.07, 6.45) is 11.5. The summed E-state index contributed by atoms with van der Waals surface area (Å²) in [6, 6.07) is 5.07. The summed E-state index contributed by atoms with van der Waals surface area (Å²) in [5.41, 5.74) is 0.689. The lowest BCUT2D eigenvalue weighted by Gasteiger charge is -2.44. The molecule has 0 bridgehead atoms. The average Bonchev–Trinajstić information content (AvgIpc) is 2.89. The van der Waals surface area contributed by atoms with Crippen molar-refractivity contribution in [1.82, 2.24) is 15.5 Å². The molecule has 7 nitrogen and oxygen atoms in total. The second kappa shape index (κ2) is 12.2. The van der Waals surface area contributed by atoms with E-state index >= 15 is 0 Å². The maximum Gasteiger partial charge on any atom is 0.247 e. The van der Waals surface area contributed by atoms with E-state index in [1.54, 1.807) is 24.1 Å². The Morgan fingerprint density at radius 1 is 1.06 bits per heavy atom. The summed E-state index contributed by atoms with van der Waals surface area (Å²) < 4.78 is 5.32. The minimum Gasteiger partial charge on any atom is -0.497 e. The maximum atomic E-state index is 13.9. The first kappa shape index (κ1) is 25.9. The van der Waals surface area contributed by atoms with Gasteiger partial charge < -0.3 is 20.3 Å². The number of rotatable bonds is 8. The Bertz CT molecular complexity index is 881. The zero-order valence-electron chi connectivity index (χ0n) is 20.7. The van der Waals surface area contributed by atoms with Gasteiger partial charge in [0.25, 0.3) is 0 Å². The molecule has 1 heterocycles. The van der Waals surface area contributed by atoms with Crippen LogP contribution in [0, 0.1) is 5.92 Å². The van der Waals surface area contributed by atoms with E-state index in [9.17, 15) is 14.4 Å². The third-order valence-electron chi connectivity index (χ3n) is 7.88. The van der Waals surface area contributed by atoms with Gasteiger partial charge in [-0.2, -0.15) is 12.6 Å².